The SMILES string of the molecule is N=C(N)c1cc[c]c(NC2CCCCC2)c1. The van der Waals surface area contributed by atoms with Gasteiger partial charge in [0.15, 0.2) is 0 Å². The molecule has 2 rings (SSSR count). The lowest BCUT2D eigenvalue weighted by atomic mass is 9.95. The van der Waals surface area contributed by atoms with Crippen LogP contribution in [-0.2, 0) is 0 Å². The van der Waals surface area contributed by atoms with E-state index in [4.69, 9.17) is 11.1 Å². The summed E-state index contributed by atoms with van der Waals surface area (Å²) in [6.45, 7) is 0. The number of nitrogens with two attached hydrogens (primary N) is 1. The van der Waals surface area contributed by atoms with Crippen LogP contribution in [0.3, 0.4) is 0 Å². The van der Waals surface area contributed by atoms with Gasteiger partial charge in [0.2, 0.25) is 0 Å². The molecule has 1 aliphatic rings. The zero-order chi connectivity index (χ0) is 11.4. The third-order valence-corrected chi connectivity index (χ3v) is 3.08. The molecule has 0 heterocycles. The number of nitrogens with one attached hydrogen (secondary N) is 2. The number of anilines is 1. The molecule has 3 heteroatoms. The van der Waals surface area contributed by atoms with E-state index in [1.165, 1.54) is 32.1 Å². The smallest absolute Gasteiger partial charge is 0.122 e. The summed E-state index contributed by atoms with van der Waals surface area (Å²) in [5.41, 5.74) is 7.18. The fraction of sp³-hybridized carbons (Fsp3) is 0.462. The molecule has 4 N–H and O–H groups in total. The fourth-order valence-corrected chi connectivity index (χ4v) is 2.18. The third kappa shape index (κ3) is 2.75. The van der Waals surface area contributed by atoms with E-state index in [0.717, 1.165) is 11.3 Å². The predicted molar refractivity (Wildman–Crippen MR) is 66.8 cm³/mol. The van der Waals surface area contributed by atoms with Crippen LogP contribution in [0.15, 0.2) is 18.2 Å². The Hall–Kier alpha value is -1.51. The van der Waals surface area contributed by atoms with Gasteiger partial charge in [-0.25, -0.2) is 0 Å². The first-order chi connectivity index (χ1) is 7.75. The molecule has 0 aliphatic heterocycles. The van der Waals surface area contributed by atoms with Crippen molar-refractivity contribution >= 4 is 11.5 Å². The standard InChI is InChI=1S/C13H18N3/c14-13(15)10-5-4-8-12(9-10)16-11-6-2-1-3-7-11/h4-5,9,11,16H,1-3,6-7H2,(H3,14,15). The number of amidine groups is 1. The summed E-state index contributed by atoms with van der Waals surface area (Å²) in [6, 6.07) is 9.24. The van der Waals surface area contributed by atoms with Crippen molar-refractivity contribution in [2.24, 2.45) is 5.73 Å². The fourth-order valence-electron chi connectivity index (χ4n) is 2.18. The van der Waals surface area contributed by atoms with Crippen molar-refractivity contribution in [2.45, 2.75) is 38.1 Å². The molecule has 85 valence electrons. The van der Waals surface area contributed by atoms with E-state index in [-0.39, 0.29) is 5.84 Å². The predicted octanol–water partition coefficient (Wildman–Crippen LogP) is 2.52. The van der Waals surface area contributed by atoms with Crippen LogP contribution in [0, 0.1) is 11.5 Å². The van der Waals surface area contributed by atoms with Gasteiger partial charge in [-0.3, -0.25) is 5.41 Å². The van der Waals surface area contributed by atoms with Crippen molar-refractivity contribution < 1.29 is 0 Å². The Balaban J connectivity index is 2.02. The van der Waals surface area contributed by atoms with Gasteiger partial charge >= 0.3 is 0 Å². The van der Waals surface area contributed by atoms with Crippen LogP contribution in [-0.4, -0.2) is 11.9 Å². The molecule has 0 amide bonds. The average molecular weight is 216 g/mol. The number of hydrogen-bond acceptors (Lipinski definition) is 2. The summed E-state index contributed by atoms with van der Waals surface area (Å²) in [6.07, 6.45) is 6.44. The Morgan fingerprint density at radius 2 is 2.12 bits per heavy atom. The Morgan fingerprint density at radius 1 is 1.38 bits per heavy atom. The first-order valence-electron chi connectivity index (χ1n) is 5.88. The summed E-state index contributed by atoms with van der Waals surface area (Å²) in [7, 11) is 0. The molecule has 3 nitrogen and oxygen atoms in total. The van der Waals surface area contributed by atoms with Crippen molar-refractivity contribution in [1.29, 1.82) is 5.41 Å². The highest BCUT2D eigenvalue weighted by molar-refractivity contribution is 5.95. The van der Waals surface area contributed by atoms with Crippen molar-refractivity contribution in [1.82, 2.24) is 0 Å². The van der Waals surface area contributed by atoms with E-state index in [2.05, 4.69) is 11.4 Å². The van der Waals surface area contributed by atoms with Gasteiger partial charge in [-0.05, 0) is 18.9 Å². The highest BCUT2D eigenvalue weighted by Crippen LogP contribution is 2.21. The van der Waals surface area contributed by atoms with Gasteiger partial charge < -0.3 is 11.1 Å². The van der Waals surface area contributed by atoms with E-state index in [1.807, 2.05) is 18.2 Å². The average Bonchev–Trinajstić information content (AvgIpc) is 2.30. The maximum atomic E-state index is 7.39. The first-order valence-corrected chi connectivity index (χ1v) is 5.88. The van der Waals surface area contributed by atoms with Gasteiger partial charge in [-0.1, -0.05) is 31.4 Å². The minimum absolute atomic E-state index is 0.112. The summed E-state index contributed by atoms with van der Waals surface area (Å²) >= 11 is 0. The number of nitrogen functional groups attached to an aromatic ring is 1. The zero-order valence-corrected chi connectivity index (χ0v) is 9.42. The van der Waals surface area contributed by atoms with E-state index >= 15 is 0 Å². The molecule has 1 aliphatic carbocycles. The molecule has 1 aromatic rings. The second-order valence-corrected chi connectivity index (χ2v) is 4.38. The summed E-state index contributed by atoms with van der Waals surface area (Å²) in [5.74, 6) is 0.112. The highest BCUT2D eigenvalue weighted by atomic mass is 14.9. The molecule has 1 saturated carbocycles. The van der Waals surface area contributed by atoms with E-state index < -0.39 is 0 Å². The Labute approximate surface area is 96.6 Å². The van der Waals surface area contributed by atoms with Crippen molar-refractivity contribution in [3.05, 3.63) is 29.8 Å². The molecule has 16 heavy (non-hydrogen) atoms. The number of rotatable bonds is 3. The molecule has 0 atom stereocenters. The van der Waals surface area contributed by atoms with Crippen LogP contribution in [0.4, 0.5) is 5.69 Å². The number of hydrogen-bond donors (Lipinski definition) is 3. The lowest BCUT2D eigenvalue weighted by Crippen LogP contribution is -2.22. The largest absolute Gasteiger partial charge is 0.384 e. The molecule has 0 saturated heterocycles. The van der Waals surface area contributed by atoms with Crippen LogP contribution in [0.1, 0.15) is 37.7 Å². The van der Waals surface area contributed by atoms with Crippen LogP contribution < -0.4 is 11.1 Å². The van der Waals surface area contributed by atoms with E-state index in [1.54, 1.807) is 0 Å². The van der Waals surface area contributed by atoms with Crippen LogP contribution in [0.2, 0.25) is 0 Å². The third-order valence-electron chi connectivity index (χ3n) is 3.08. The molecule has 1 radical (unpaired) electrons. The molecule has 0 aromatic heterocycles. The maximum absolute atomic E-state index is 7.39. The molecule has 0 spiro atoms. The Morgan fingerprint density at radius 3 is 2.81 bits per heavy atom. The van der Waals surface area contributed by atoms with Gasteiger partial charge in [0.05, 0.1) is 0 Å². The van der Waals surface area contributed by atoms with Crippen LogP contribution >= 0.6 is 0 Å². The zero-order valence-electron chi connectivity index (χ0n) is 9.42. The van der Waals surface area contributed by atoms with Crippen molar-refractivity contribution in [3.8, 4) is 0 Å². The maximum Gasteiger partial charge on any atom is 0.122 e. The summed E-state index contributed by atoms with van der Waals surface area (Å²) in [4.78, 5) is 0. The van der Waals surface area contributed by atoms with Crippen LogP contribution in [0.25, 0.3) is 0 Å². The van der Waals surface area contributed by atoms with Gasteiger partial charge in [0.25, 0.3) is 0 Å². The van der Waals surface area contributed by atoms with Crippen LogP contribution in [0.5, 0.6) is 0 Å². The van der Waals surface area contributed by atoms with Crippen molar-refractivity contribution in [2.75, 3.05) is 5.32 Å². The second-order valence-electron chi connectivity index (χ2n) is 4.38. The molecule has 0 bridgehead atoms. The summed E-state index contributed by atoms with van der Waals surface area (Å²) in [5, 5.41) is 10.9. The molecule has 1 fully saturated rings. The Bertz CT molecular complexity index is 367. The minimum atomic E-state index is 0.112. The van der Waals surface area contributed by atoms with Gasteiger partial charge in [-0.2, -0.15) is 0 Å². The quantitative estimate of drug-likeness (QED) is 0.537. The molecule has 1 aromatic carbocycles. The van der Waals surface area contributed by atoms with E-state index in [0.29, 0.717) is 6.04 Å². The van der Waals surface area contributed by atoms with Gasteiger partial charge in [-0.15, -0.1) is 0 Å². The lowest BCUT2D eigenvalue weighted by Gasteiger charge is -2.23. The normalized spacial score (nSPS) is 17.0. The summed E-state index contributed by atoms with van der Waals surface area (Å²) < 4.78 is 0. The van der Waals surface area contributed by atoms with Gasteiger partial charge in [0.1, 0.15) is 5.84 Å². The van der Waals surface area contributed by atoms with E-state index in [9.17, 15) is 0 Å². The highest BCUT2D eigenvalue weighted by Gasteiger charge is 2.12. The second kappa shape index (κ2) is 5.01. The first kappa shape index (κ1) is 11.0. The Kier molecular flexibility index (Phi) is 3.44. The molecular weight excluding hydrogens is 198 g/mol. The molecule has 0 unspecified atom stereocenters. The lowest BCUT2D eigenvalue weighted by molar-refractivity contribution is 0.462. The minimum Gasteiger partial charge on any atom is -0.384 e. The molecular formula is C13H18N3. The number of benzene rings is 1. The topological polar surface area (TPSA) is 61.9 Å². The van der Waals surface area contributed by atoms with Crippen molar-refractivity contribution in [3.63, 3.8) is 0 Å². The van der Waals surface area contributed by atoms with Gasteiger partial charge in [0, 0.05) is 23.4 Å². The monoisotopic (exact) mass is 216 g/mol.